The summed E-state index contributed by atoms with van der Waals surface area (Å²) in [6.07, 6.45) is 1.74. The van der Waals surface area contributed by atoms with E-state index in [1.807, 2.05) is 0 Å². The van der Waals surface area contributed by atoms with Crippen molar-refractivity contribution in [1.82, 2.24) is 4.98 Å². The molecule has 0 aliphatic carbocycles. The second kappa shape index (κ2) is 3.23. The van der Waals surface area contributed by atoms with Crippen LogP contribution in [0.2, 0.25) is 0 Å². The Labute approximate surface area is 85.4 Å². The predicted molar refractivity (Wildman–Crippen MR) is 55.5 cm³/mol. The molecule has 4 nitrogen and oxygen atoms in total. The van der Waals surface area contributed by atoms with Gasteiger partial charge in [-0.3, -0.25) is 0 Å². The van der Waals surface area contributed by atoms with Crippen molar-refractivity contribution in [3.05, 3.63) is 29.8 Å². The molecule has 0 bridgehead atoms. The molecule has 0 aliphatic heterocycles. The van der Waals surface area contributed by atoms with Crippen molar-refractivity contribution < 1.29 is 8.42 Å². The van der Waals surface area contributed by atoms with Crippen LogP contribution in [0.15, 0.2) is 34.0 Å². The molecule has 0 unspecified atom stereocenters. The summed E-state index contributed by atoms with van der Waals surface area (Å²) in [7, 11) is -3.62. The number of nitrogens with two attached hydrogens (primary N) is 1. The van der Waals surface area contributed by atoms with E-state index >= 15 is 0 Å². The lowest BCUT2D eigenvalue weighted by Crippen LogP contribution is -2.11. The van der Waals surface area contributed by atoms with Gasteiger partial charge < -0.3 is 4.98 Å². The number of sulfonamides is 1. The Morgan fingerprint density at radius 1 is 1.36 bits per heavy atom. The van der Waals surface area contributed by atoms with E-state index in [9.17, 15) is 8.42 Å². The smallest absolute Gasteiger partial charge is 0.248 e. The van der Waals surface area contributed by atoms with Crippen molar-refractivity contribution in [1.29, 1.82) is 0 Å². The van der Waals surface area contributed by atoms with Crippen LogP contribution in [0.5, 0.6) is 0 Å². The number of H-pyrrole nitrogens is 1. The van der Waals surface area contributed by atoms with Crippen molar-refractivity contribution in [2.24, 2.45) is 5.14 Å². The minimum Gasteiger partial charge on any atom is -0.361 e. The van der Waals surface area contributed by atoms with Gasteiger partial charge >= 0.3 is 0 Å². The van der Waals surface area contributed by atoms with Crippen LogP contribution in [0, 0.1) is 0 Å². The first kappa shape index (κ1) is 9.45. The number of aromatic nitrogens is 1. The summed E-state index contributed by atoms with van der Waals surface area (Å²) in [4.78, 5) is 2.94. The molecule has 2 aromatic heterocycles. The predicted octanol–water partition coefficient (Wildman–Crippen LogP) is 1.39. The van der Waals surface area contributed by atoms with Crippen LogP contribution >= 0.6 is 11.3 Å². The first-order chi connectivity index (χ1) is 6.59. The fourth-order valence-corrected chi connectivity index (χ4v) is 3.03. The van der Waals surface area contributed by atoms with Gasteiger partial charge in [-0.05, 0) is 23.6 Å². The fraction of sp³-hybridized carbons (Fsp3) is 0. The van der Waals surface area contributed by atoms with Crippen LogP contribution in [-0.2, 0) is 10.0 Å². The highest BCUT2D eigenvalue weighted by Crippen LogP contribution is 2.29. The number of nitrogens with one attached hydrogen (secondary N) is 1. The van der Waals surface area contributed by atoms with Gasteiger partial charge in [0.2, 0.25) is 10.0 Å². The van der Waals surface area contributed by atoms with Gasteiger partial charge in [0.1, 0.15) is 4.21 Å². The number of thiophene rings is 1. The molecule has 2 heterocycles. The number of hydrogen-bond donors (Lipinski definition) is 2. The van der Waals surface area contributed by atoms with Gasteiger partial charge in [-0.15, -0.1) is 11.3 Å². The Hall–Kier alpha value is -1.11. The van der Waals surface area contributed by atoms with Gasteiger partial charge in [-0.2, -0.15) is 0 Å². The largest absolute Gasteiger partial charge is 0.361 e. The minimum atomic E-state index is -3.62. The summed E-state index contributed by atoms with van der Waals surface area (Å²) < 4.78 is 22.6. The molecule has 0 amide bonds. The van der Waals surface area contributed by atoms with Crippen LogP contribution < -0.4 is 5.14 Å². The SMILES string of the molecule is NS(=O)(=O)c1sccc1-c1ccc[nH]1. The molecule has 14 heavy (non-hydrogen) atoms. The van der Waals surface area contributed by atoms with E-state index in [0.29, 0.717) is 5.56 Å². The number of rotatable bonds is 2. The second-order valence-electron chi connectivity index (χ2n) is 2.75. The number of hydrogen-bond acceptors (Lipinski definition) is 3. The molecule has 2 aromatic rings. The van der Waals surface area contributed by atoms with E-state index in [2.05, 4.69) is 4.98 Å². The Morgan fingerprint density at radius 2 is 2.14 bits per heavy atom. The van der Waals surface area contributed by atoms with Crippen LogP contribution in [0.1, 0.15) is 0 Å². The first-order valence-corrected chi connectivity index (χ1v) is 6.25. The molecule has 3 N–H and O–H groups in total. The zero-order valence-electron chi connectivity index (χ0n) is 7.10. The molecule has 0 saturated carbocycles. The maximum absolute atomic E-state index is 11.2. The van der Waals surface area contributed by atoms with Gasteiger partial charge in [0.25, 0.3) is 0 Å². The third-order valence-corrected chi connectivity index (χ3v) is 4.20. The second-order valence-corrected chi connectivity index (χ2v) is 5.42. The lowest BCUT2D eigenvalue weighted by atomic mass is 10.2. The molecule has 0 fully saturated rings. The van der Waals surface area contributed by atoms with E-state index in [0.717, 1.165) is 17.0 Å². The third kappa shape index (κ3) is 1.59. The molecule has 0 spiro atoms. The van der Waals surface area contributed by atoms with E-state index in [-0.39, 0.29) is 4.21 Å². The molecule has 0 aromatic carbocycles. The fourth-order valence-electron chi connectivity index (χ4n) is 1.21. The molecule has 6 heteroatoms. The van der Waals surface area contributed by atoms with Crippen LogP contribution in [0.3, 0.4) is 0 Å². The lowest BCUT2D eigenvalue weighted by Gasteiger charge is -1.98. The highest BCUT2D eigenvalue weighted by molar-refractivity contribution is 7.91. The normalized spacial score (nSPS) is 11.8. The van der Waals surface area contributed by atoms with E-state index in [4.69, 9.17) is 5.14 Å². The maximum atomic E-state index is 11.2. The van der Waals surface area contributed by atoms with Crippen molar-refractivity contribution in [3.8, 4) is 11.3 Å². The van der Waals surface area contributed by atoms with Crippen molar-refractivity contribution in [2.45, 2.75) is 4.21 Å². The molecular weight excluding hydrogens is 220 g/mol. The van der Waals surface area contributed by atoms with E-state index < -0.39 is 10.0 Å². The molecule has 74 valence electrons. The topological polar surface area (TPSA) is 76.0 Å². The zero-order valence-corrected chi connectivity index (χ0v) is 8.73. The number of aromatic amines is 1. The van der Waals surface area contributed by atoms with E-state index in [1.54, 1.807) is 29.8 Å². The van der Waals surface area contributed by atoms with Crippen molar-refractivity contribution in [3.63, 3.8) is 0 Å². The molecule has 0 atom stereocenters. The Bertz CT molecular complexity index is 525. The zero-order chi connectivity index (χ0) is 10.2. The quantitative estimate of drug-likeness (QED) is 0.815. The van der Waals surface area contributed by atoms with Crippen LogP contribution in [-0.4, -0.2) is 13.4 Å². The maximum Gasteiger partial charge on any atom is 0.248 e. The van der Waals surface area contributed by atoms with Gasteiger partial charge in [-0.25, -0.2) is 13.6 Å². The molecule has 0 saturated heterocycles. The third-order valence-electron chi connectivity index (χ3n) is 1.78. The summed E-state index contributed by atoms with van der Waals surface area (Å²) in [5.41, 5.74) is 1.39. The van der Waals surface area contributed by atoms with E-state index in [1.165, 1.54) is 0 Å². The van der Waals surface area contributed by atoms with Gasteiger partial charge in [0.05, 0.1) is 0 Å². The Kier molecular flexibility index (Phi) is 2.18. The van der Waals surface area contributed by atoms with Crippen molar-refractivity contribution >= 4 is 21.4 Å². The monoisotopic (exact) mass is 228 g/mol. The molecular formula is C8H8N2O2S2. The highest BCUT2D eigenvalue weighted by Gasteiger charge is 2.16. The minimum absolute atomic E-state index is 0.194. The van der Waals surface area contributed by atoms with Gasteiger partial charge in [-0.1, -0.05) is 0 Å². The summed E-state index contributed by atoms with van der Waals surface area (Å²) in [5, 5.41) is 6.78. The molecule has 2 rings (SSSR count). The average Bonchev–Trinajstić information content (AvgIpc) is 2.73. The first-order valence-electron chi connectivity index (χ1n) is 3.83. The molecule has 0 radical (unpaired) electrons. The van der Waals surface area contributed by atoms with Gasteiger partial charge in [0.15, 0.2) is 0 Å². The van der Waals surface area contributed by atoms with Gasteiger partial charge in [0, 0.05) is 17.5 Å². The molecule has 0 aliphatic rings. The summed E-state index contributed by atoms with van der Waals surface area (Å²) >= 11 is 1.12. The number of primary sulfonamides is 1. The standard InChI is InChI=1S/C8H8N2O2S2/c9-14(11,12)8-6(3-5-13-8)7-2-1-4-10-7/h1-5,10H,(H2,9,11,12). The lowest BCUT2D eigenvalue weighted by molar-refractivity contribution is 0.600. The Balaban J connectivity index is 2.62. The highest BCUT2D eigenvalue weighted by atomic mass is 32.2. The van der Waals surface area contributed by atoms with Crippen molar-refractivity contribution in [2.75, 3.05) is 0 Å². The summed E-state index contributed by atoms with van der Waals surface area (Å²) in [5.74, 6) is 0. The summed E-state index contributed by atoms with van der Waals surface area (Å²) in [6, 6.07) is 5.34. The Morgan fingerprint density at radius 3 is 2.71 bits per heavy atom. The van der Waals surface area contributed by atoms with Crippen LogP contribution in [0.25, 0.3) is 11.3 Å². The summed E-state index contributed by atoms with van der Waals surface area (Å²) in [6.45, 7) is 0. The van der Waals surface area contributed by atoms with Crippen LogP contribution in [0.4, 0.5) is 0 Å². The average molecular weight is 228 g/mol.